The van der Waals surface area contributed by atoms with Crippen LogP contribution in [-0.2, 0) is 0 Å². The summed E-state index contributed by atoms with van der Waals surface area (Å²) in [6.45, 7) is 2.21. The average molecular weight is 292 g/mol. The Labute approximate surface area is 122 Å². The molecule has 1 aliphatic carbocycles. The van der Waals surface area contributed by atoms with Crippen LogP contribution in [0.5, 0.6) is 5.88 Å². The summed E-state index contributed by atoms with van der Waals surface area (Å²) in [7, 11) is 1.63. The molecule has 1 saturated carbocycles. The summed E-state index contributed by atoms with van der Waals surface area (Å²) in [6.07, 6.45) is 3.63. The molecule has 20 heavy (non-hydrogen) atoms. The molecule has 0 aromatic carbocycles. The summed E-state index contributed by atoms with van der Waals surface area (Å²) in [5, 5.41) is 0.604. The third kappa shape index (κ3) is 2.22. The highest BCUT2D eigenvalue weighted by Gasteiger charge is 2.31. The van der Waals surface area contributed by atoms with Gasteiger partial charge in [0.05, 0.1) is 13.2 Å². The largest absolute Gasteiger partial charge is 0.481 e. The zero-order valence-corrected chi connectivity index (χ0v) is 12.7. The second-order valence-corrected chi connectivity index (χ2v) is 6.54. The summed E-state index contributed by atoms with van der Waals surface area (Å²) < 4.78 is 7.33. The van der Waals surface area contributed by atoms with E-state index in [0.29, 0.717) is 23.1 Å². The van der Waals surface area contributed by atoms with Crippen LogP contribution in [-0.4, -0.2) is 32.6 Å². The first kappa shape index (κ1) is 13.5. The number of fused-ring (bicyclic) bond motifs is 1. The predicted octanol–water partition coefficient (Wildman–Crippen LogP) is 2.87. The SMILES string of the molecule is CCSC1CCCC1n1c(N)nc2ccc(OC)nc21. The third-order valence-electron chi connectivity index (χ3n) is 3.88. The highest BCUT2D eigenvalue weighted by Crippen LogP contribution is 2.41. The first-order chi connectivity index (χ1) is 9.74. The normalized spacial score (nSPS) is 22.5. The molecule has 0 amide bonds. The van der Waals surface area contributed by atoms with Crippen molar-refractivity contribution in [2.75, 3.05) is 18.6 Å². The smallest absolute Gasteiger partial charge is 0.215 e. The number of hydrogen-bond acceptors (Lipinski definition) is 5. The van der Waals surface area contributed by atoms with Crippen LogP contribution in [0.2, 0.25) is 0 Å². The molecule has 2 atom stereocenters. The Morgan fingerprint density at radius 2 is 2.25 bits per heavy atom. The molecule has 2 heterocycles. The number of ether oxygens (including phenoxy) is 1. The number of imidazole rings is 1. The predicted molar refractivity (Wildman–Crippen MR) is 83.3 cm³/mol. The van der Waals surface area contributed by atoms with Gasteiger partial charge in [0.1, 0.15) is 5.52 Å². The van der Waals surface area contributed by atoms with Crippen LogP contribution in [0.3, 0.4) is 0 Å². The summed E-state index contributed by atoms with van der Waals surface area (Å²) in [5.74, 6) is 2.30. The van der Waals surface area contributed by atoms with Crippen molar-refractivity contribution in [1.29, 1.82) is 0 Å². The van der Waals surface area contributed by atoms with Crippen LogP contribution in [0, 0.1) is 0 Å². The van der Waals surface area contributed by atoms with E-state index in [4.69, 9.17) is 10.5 Å². The molecule has 0 aliphatic heterocycles. The van der Waals surface area contributed by atoms with Gasteiger partial charge in [-0.1, -0.05) is 13.3 Å². The van der Waals surface area contributed by atoms with E-state index in [1.807, 2.05) is 23.9 Å². The Hall–Kier alpha value is -1.43. The number of nitrogens with two attached hydrogens (primary N) is 1. The lowest BCUT2D eigenvalue weighted by molar-refractivity contribution is 0.398. The fraction of sp³-hybridized carbons (Fsp3) is 0.571. The molecule has 6 heteroatoms. The number of nitrogen functional groups attached to an aromatic ring is 1. The standard InChI is InChI=1S/C14H20N4OS/c1-3-20-11-6-4-5-10(11)18-13-9(16-14(18)15)7-8-12(17-13)19-2/h7-8,10-11H,3-6H2,1-2H3,(H2,15,16). The zero-order valence-electron chi connectivity index (χ0n) is 11.9. The minimum atomic E-state index is 0.393. The maximum atomic E-state index is 6.14. The Balaban J connectivity index is 2.07. The Morgan fingerprint density at radius 1 is 1.40 bits per heavy atom. The van der Waals surface area contributed by atoms with Gasteiger partial charge in [0.2, 0.25) is 11.8 Å². The van der Waals surface area contributed by atoms with Gasteiger partial charge in [0.15, 0.2) is 5.65 Å². The molecule has 0 spiro atoms. The van der Waals surface area contributed by atoms with E-state index in [1.54, 1.807) is 7.11 Å². The maximum absolute atomic E-state index is 6.14. The van der Waals surface area contributed by atoms with Crippen molar-refractivity contribution in [3.05, 3.63) is 12.1 Å². The molecule has 1 aliphatic rings. The molecule has 3 rings (SSSR count). The highest BCUT2D eigenvalue weighted by molar-refractivity contribution is 7.99. The van der Waals surface area contributed by atoms with Crippen LogP contribution in [0.1, 0.15) is 32.2 Å². The van der Waals surface area contributed by atoms with E-state index >= 15 is 0 Å². The summed E-state index contributed by atoms with van der Waals surface area (Å²) in [4.78, 5) is 8.98. The van der Waals surface area contributed by atoms with Gasteiger partial charge in [0, 0.05) is 11.3 Å². The van der Waals surface area contributed by atoms with Gasteiger partial charge in [-0.25, -0.2) is 4.98 Å². The summed E-state index contributed by atoms with van der Waals surface area (Å²) in [6, 6.07) is 4.14. The van der Waals surface area contributed by atoms with Crippen LogP contribution >= 0.6 is 11.8 Å². The Bertz CT molecular complexity index is 612. The molecule has 2 unspecified atom stereocenters. The lowest BCUT2D eigenvalue weighted by atomic mass is 10.2. The maximum Gasteiger partial charge on any atom is 0.215 e. The van der Waals surface area contributed by atoms with E-state index in [-0.39, 0.29) is 0 Å². The molecule has 2 aromatic heterocycles. The van der Waals surface area contributed by atoms with Crippen LogP contribution in [0.15, 0.2) is 12.1 Å². The highest BCUT2D eigenvalue weighted by atomic mass is 32.2. The van der Waals surface area contributed by atoms with Crippen molar-refractivity contribution >= 4 is 28.9 Å². The topological polar surface area (TPSA) is 66.0 Å². The van der Waals surface area contributed by atoms with E-state index in [2.05, 4.69) is 21.5 Å². The van der Waals surface area contributed by atoms with Crippen molar-refractivity contribution < 1.29 is 4.74 Å². The number of methoxy groups -OCH3 is 1. The first-order valence-corrected chi connectivity index (χ1v) is 8.09. The molecule has 2 aromatic rings. The fourth-order valence-corrected chi connectivity index (χ4v) is 4.27. The van der Waals surface area contributed by atoms with Crippen molar-refractivity contribution in [2.24, 2.45) is 0 Å². The number of nitrogens with zero attached hydrogens (tertiary/aromatic N) is 3. The van der Waals surface area contributed by atoms with Gasteiger partial charge < -0.3 is 10.5 Å². The van der Waals surface area contributed by atoms with Crippen molar-refractivity contribution in [2.45, 2.75) is 37.5 Å². The quantitative estimate of drug-likeness (QED) is 0.938. The molecule has 108 valence electrons. The van der Waals surface area contributed by atoms with E-state index < -0.39 is 0 Å². The monoisotopic (exact) mass is 292 g/mol. The minimum absolute atomic E-state index is 0.393. The number of pyridine rings is 1. The Kier molecular flexibility index (Phi) is 3.74. The number of aromatic nitrogens is 3. The second kappa shape index (κ2) is 5.52. The van der Waals surface area contributed by atoms with Crippen LogP contribution < -0.4 is 10.5 Å². The third-order valence-corrected chi connectivity index (χ3v) is 5.19. The second-order valence-electron chi connectivity index (χ2n) is 5.03. The molecule has 0 radical (unpaired) electrons. The molecule has 0 saturated heterocycles. The van der Waals surface area contributed by atoms with Crippen LogP contribution in [0.4, 0.5) is 5.95 Å². The number of hydrogen-bond donors (Lipinski definition) is 1. The molecule has 2 N–H and O–H groups in total. The number of rotatable bonds is 4. The first-order valence-electron chi connectivity index (χ1n) is 7.04. The number of thioether (sulfide) groups is 1. The van der Waals surface area contributed by atoms with E-state index in [9.17, 15) is 0 Å². The fourth-order valence-electron chi connectivity index (χ4n) is 3.02. The number of anilines is 1. The molecule has 0 bridgehead atoms. The van der Waals surface area contributed by atoms with Crippen molar-refractivity contribution in [3.8, 4) is 5.88 Å². The lowest BCUT2D eigenvalue weighted by Crippen LogP contribution is -2.18. The van der Waals surface area contributed by atoms with Gasteiger partial charge in [-0.05, 0) is 24.7 Å². The van der Waals surface area contributed by atoms with Gasteiger partial charge >= 0.3 is 0 Å². The van der Waals surface area contributed by atoms with Gasteiger partial charge in [-0.3, -0.25) is 4.57 Å². The van der Waals surface area contributed by atoms with Gasteiger partial charge in [-0.2, -0.15) is 16.7 Å². The molecule has 5 nitrogen and oxygen atoms in total. The van der Waals surface area contributed by atoms with E-state index in [0.717, 1.165) is 23.3 Å². The molecule has 1 fully saturated rings. The van der Waals surface area contributed by atoms with Gasteiger partial charge in [0.25, 0.3) is 0 Å². The van der Waals surface area contributed by atoms with Crippen molar-refractivity contribution in [1.82, 2.24) is 14.5 Å². The summed E-state index contributed by atoms with van der Waals surface area (Å²) in [5.41, 5.74) is 7.83. The van der Waals surface area contributed by atoms with Crippen LogP contribution in [0.25, 0.3) is 11.2 Å². The zero-order chi connectivity index (χ0) is 14.1. The molecular weight excluding hydrogens is 272 g/mol. The van der Waals surface area contributed by atoms with Crippen molar-refractivity contribution in [3.63, 3.8) is 0 Å². The Morgan fingerprint density at radius 3 is 3.00 bits per heavy atom. The summed E-state index contributed by atoms with van der Waals surface area (Å²) >= 11 is 2.01. The average Bonchev–Trinajstić information content (AvgIpc) is 3.01. The van der Waals surface area contributed by atoms with Gasteiger partial charge in [-0.15, -0.1) is 0 Å². The molecular formula is C14H20N4OS. The van der Waals surface area contributed by atoms with E-state index in [1.165, 1.54) is 12.8 Å². The lowest BCUT2D eigenvalue weighted by Gasteiger charge is -2.21. The minimum Gasteiger partial charge on any atom is -0.481 e.